The number of thiazole rings is 1. The molecule has 5 rings (SSSR count). The van der Waals surface area contributed by atoms with Crippen molar-refractivity contribution in [3.8, 4) is 11.5 Å². The van der Waals surface area contributed by atoms with Gasteiger partial charge in [-0.25, -0.2) is 9.38 Å². The van der Waals surface area contributed by atoms with Crippen molar-refractivity contribution in [3.05, 3.63) is 93.5 Å². The van der Waals surface area contributed by atoms with Gasteiger partial charge in [-0.2, -0.15) is 0 Å². The number of nitrogens with zero attached hydrogens (tertiary/aromatic N) is 2. The van der Waals surface area contributed by atoms with Crippen LogP contribution < -0.4 is 19.6 Å². The largest absolute Gasteiger partial charge is 0.493 e. The number of hydrogen-bond acceptors (Lipinski definition) is 5. The maximum atomic E-state index is 13.1. The van der Waals surface area contributed by atoms with Gasteiger partial charge >= 0.3 is 0 Å². The van der Waals surface area contributed by atoms with E-state index in [0.717, 1.165) is 26.6 Å². The highest BCUT2D eigenvalue weighted by Gasteiger charge is 2.18. The van der Waals surface area contributed by atoms with Gasteiger partial charge in [-0.1, -0.05) is 52.7 Å². The Morgan fingerprint density at radius 2 is 1.88 bits per heavy atom. The van der Waals surface area contributed by atoms with Crippen molar-refractivity contribution in [1.82, 2.24) is 9.38 Å². The molecule has 5 aromatic rings. The number of fused-ring (bicyclic) bond motifs is 3. The van der Waals surface area contributed by atoms with Crippen LogP contribution in [0.25, 0.3) is 22.1 Å². The number of halogens is 4. The van der Waals surface area contributed by atoms with Gasteiger partial charge in [-0.15, -0.1) is 0 Å². The Labute approximate surface area is 224 Å². The van der Waals surface area contributed by atoms with E-state index in [1.807, 2.05) is 42.5 Å². The number of methoxy groups -OCH3 is 1. The molecule has 0 aliphatic carbocycles. The lowest BCUT2D eigenvalue weighted by Crippen LogP contribution is -2.22. The zero-order valence-electron chi connectivity index (χ0n) is 17.4. The molecule has 0 bridgehead atoms. The monoisotopic (exact) mass is 638 g/mol. The third-order valence-electron chi connectivity index (χ3n) is 5.17. The second-order valence-corrected chi connectivity index (χ2v) is 10.7. The molecule has 0 saturated heterocycles. The smallest absolute Gasteiger partial charge is 0.274 e. The molecule has 0 fully saturated rings. The van der Waals surface area contributed by atoms with Crippen molar-refractivity contribution in [2.24, 2.45) is 0 Å². The molecule has 0 radical (unpaired) electrons. The Morgan fingerprint density at radius 3 is 2.65 bits per heavy atom. The molecule has 2 aromatic heterocycles. The van der Waals surface area contributed by atoms with Crippen LogP contribution in [0.5, 0.6) is 11.5 Å². The first-order valence-electron chi connectivity index (χ1n) is 9.92. The van der Waals surface area contributed by atoms with Gasteiger partial charge in [-0.05, 0) is 79.4 Å². The highest BCUT2D eigenvalue weighted by atomic mass is 79.9. The number of imidazole rings is 1. The normalized spacial score (nSPS) is 12.1. The third kappa shape index (κ3) is 4.22. The van der Waals surface area contributed by atoms with E-state index in [4.69, 9.17) is 32.7 Å². The zero-order chi connectivity index (χ0) is 24.0. The summed E-state index contributed by atoms with van der Waals surface area (Å²) in [6, 6.07) is 14.7. The molecule has 2 heterocycles. The molecule has 0 aliphatic rings. The molecular formula is C24H14Br2Cl2N2O3S. The molecular weight excluding hydrogens is 627 g/mol. The quantitative estimate of drug-likeness (QED) is 0.210. The number of para-hydroxylation sites is 2. The second-order valence-electron chi connectivity index (χ2n) is 7.30. The fourth-order valence-electron chi connectivity index (χ4n) is 3.53. The van der Waals surface area contributed by atoms with Gasteiger partial charge in [0.15, 0.2) is 16.5 Å². The van der Waals surface area contributed by atoms with Crippen molar-refractivity contribution in [1.29, 1.82) is 0 Å². The molecule has 5 nitrogen and oxygen atoms in total. The van der Waals surface area contributed by atoms with Crippen LogP contribution >= 0.6 is 66.4 Å². The molecule has 0 spiro atoms. The molecule has 0 unspecified atom stereocenters. The van der Waals surface area contributed by atoms with Crippen LogP contribution in [0.1, 0.15) is 11.1 Å². The van der Waals surface area contributed by atoms with Gasteiger partial charge in [0, 0.05) is 4.47 Å². The van der Waals surface area contributed by atoms with E-state index < -0.39 is 0 Å². The summed E-state index contributed by atoms with van der Waals surface area (Å²) in [4.78, 5) is 18.4. The highest BCUT2D eigenvalue weighted by Crippen LogP contribution is 2.43. The average Bonchev–Trinajstić information content (AvgIpc) is 3.34. The SMILES string of the molecule is COc1cc(/C=c2\sc3nc4ccccc4n3c2=O)c(Br)c(Br)c1OCc1ccc(Cl)c(Cl)c1. The number of hydrogen-bond donors (Lipinski definition) is 0. The van der Waals surface area contributed by atoms with Gasteiger partial charge in [-0.3, -0.25) is 4.79 Å². The molecule has 0 aliphatic heterocycles. The van der Waals surface area contributed by atoms with Crippen molar-refractivity contribution >= 4 is 88.5 Å². The Hall–Kier alpha value is -2.10. The molecule has 3 aromatic carbocycles. The summed E-state index contributed by atoms with van der Waals surface area (Å²) in [6.07, 6.45) is 1.82. The summed E-state index contributed by atoms with van der Waals surface area (Å²) in [6.45, 7) is 0.265. The minimum absolute atomic E-state index is 0.115. The maximum absolute atomic E-state index is 13.1. The topological polar surface area (TPSA) is 52.8 Å². The second kappa shape index (κ2) is 9.51. The van der Waals surface area contributed by atoms with Crippen LogP contribution in [0.3, 0.4) is 0 Å². The summed E-state index contributed by atoms with van der Waals surface area (Å²) >= 11 is 20.7. The van der Waals surface area contributed by atoms with Crippen LogP contribution in [0, 0.1) is 0 Å². The van der Waals surface area contributed by atoms with E-state index in [-0.39, 0.29) is 12.2 Å². The van der Waals surface area contributed by atoms with Crippen LogP contribution in [0.4, 0.5) is 0 Å². The fourth-order valence-corrected chi connectivity index (χ4v) is 5.78. The molecule has 0 atom stereocenters. The lowest BCUT2D eigenvalue weighted by molar-refractivity contribution is 0.282. The predicted molar refractivity (Wildman–Crippen MR) is 145 cm³/mol. The van der Waals surface area contributed by atoms with Gasteiger partial charge < -0.3 is 9.47 Å². The first-order valence-corrected chi connectivity index (χ1v) is 13.1. The van der Waals surface area contributed by atoms with Crippen molar-refractivity contribution in [3.63, 3.8) is 0 Å². The maximum Gasteiger partial charge on any atom is 0.274 e. The standard InChI is InChI=1S/C24H14Br2Cl2N2O3S/c1-32-18-9-13(10-19-23(31)30-17-5-3-2-4-16(17)29-24(30)34-19)20(25)21(26)22(18)33-11-12-6-7-14(27)15(28)8-12/h2-10H,11H2,1H3/b19-10-. The molecule has 0 saturated carbocycles. The van der Waals surface area contributed by atoms with E-state index in [2.05, 4.69) is 36.8 Å². The van der Waals surface area contributed by atoms with E-state index in [0.29, 0.717) is 35.5 Å². The minimum Gasteiger partial charge on any atom is -0.493 e. The first kappa shape index (κ1) is 23.6. The third-order valence-corrected chi connectivity index (χ3v) is 9.03. The van der Waals surface area contributed by atoms with Crippen molar-refractivity contribution < 1.29 is 9.47 Å². The Balaban J connectivity index is 1.55. The Kier molecular flexibility index (Phi) is 6.61. The van der Waals surface area contributed by atoms with Gasteiger partial charge in [0.25, 0.3) is 5.56 Å². The first-order chi connectivity index (χ1) is 16.4. The summed E-state index contributed by atoms with van der Waals surface area (Å²) in [7, 11) is 1.57. The van der Waals surface area contributed by atoms with Gasteiger partial charge in [0.1, 0.15) is 6.61 Å². The summed E-state index contributed by atoms with van der Waals surface area (Å²) in [5, 5.41) is 0.946. The number of ether oxygens (including phenoxy) is 2. The number of aromatic nitrogens is 2. The summed E-state index contributed by atoms with van der Waals surface area (Å²) < 4.78 is 15.2. The van der Waals surface area contributed by atoms with E-state index in [1.165, 1.54) is 11.3 Å². The molecule has 34 heavy (non-hydrogen) atoms. The van der Waals surface area contributed by atoms with Crippen molar-refractivity contribution in [2.75, 3.05) is 7.11 Å². The lowest BCUT2D eigenvalue weighted by atomic mass is 10.2. The number of benzene rings is 3. The van der Waals surface area contributed by atoms with Crippen LogP contribution in [0.2, 0.25) is 10.0 Å². The van der Waals surface area contributed by atoms with Crippen LogP contribution in [-0.2, 0) is 6.61 Å². The zero-order valence-corrected chi connectivity index (χ0v) is 22.9. The van der Waals surface area contributed by atoms with E-state index >= 15 is 0 Å². The van der Waals surface area contributed by atoms with Crippen LogP contribution in [-0.4, -0.2) is 16.5 Å². The predicted octanol–water partition coefficient (Wildman–Crippen LogP) is 6.88. The molecule has 172 valence electrons. The summed E-state index contributed by atoms with van der Waals surface area (Å²) in [5.41, 5.74) is 3.10. The lowest BCUT2D eigenvalue weighted by Gasteiger charge is -2.15. The van der Waals surface area contributed by atoms with E-state index in [9.17, 15) is 4.79 Å². The van der Waals surface area contributed by atoms with E-state index in [1.54, 1.807) is 23.6 Å². The Morgan fingerprint density at radius 1 is 1.09 bits per heavy atom. The highest BCUT2D eigenvalue weighted by molar-refractivity contribution is 9.13. The summed E-state index contributed by atoms with van der Waals surface area (Å²) in [5.74, 6) is 1.03. The minimum atomic E-state index is -0.115. The number of rotatable bonds is 5. The van der Waals surface area contributed by atoms with Gasteiger partial charge in [0.2, 0.25) is 0 Å². The molecule has 0 amide bonds. The van der Waals surface area contributed by atoms with Crippen molar-refractivity contribution in [2.45, 2.75) is 6.61 Å². The molecule has 0 N–H and O–H groups in total. The molecule has 10 heteroatoms. The van der Waals surface area contributed by atoms with Crippen LogP contribution in [0.15, 0.2) is 62.3 Å². The van der Waals surface area contributed by atoms with Gasteiger partial charge in [0.05, 0.1) is 37.2 Å². The Bertz CT molecular complexity index is 1680. The fraction of sp³-hybridized carbons (Fsp3) is 0.0833. The average molecular weight is 641 g/mol.